The van der Waals surface area contributed by atoms with Crippen LogP contribution < -0.4 is 14.8 Å². The first-order valence-corrected chi connectivity index (χ1v) is 8.65. The van der Waals surface area contributed by atoms with Crippen molar-refractivity contribution in [2.75, 3.05) is 6.79 Å². The molecule has 0 bridgehead atoms. The molecule has 1 atom stereocenters. The lowest BCUT2D eigenvalue weighted by molar-refractivity contribution is 0.0940. The van der Waals surface area contributed by atoms with Crippen LogP contribution in [0.5, 0.6) is 11.5 Å². The van der Waals surface area contributed by atoms with Crippen molar-refractivity contribution >= 4 is 17.2 Å². The lowest BCUT2D eigenvalue weighted by atomic mass is 10.1. The third-order valence-electron chi connectivity index (χ3n) is 3.69. The van der Waals surface area contributed by atoms with E-state index in [2.05, 4.69) is 19.2 Å². The molecule has 2 aromatic rings. The minimum atomic E-state index is -0.00450. The van der Waals surface area contributed by atoms with Gasteiger partial charge < -0.3 is 14.8 Å². The Morgan fingerprint density at radius 1 is 1.17 bits per heavy atom. The van der Waals surface area contributed by atoms with Gasteiger partial charge in [-0.15, -0.1) is 11.3 Å². The Hall–Kier alpha value is -2.01. The summed E-state index contributed by atoms with van der Waals surface area (Å²) < 4.78 is 10.7. The first-order chi connectivity index (χ1) is 11.0. The third kappa shape index (κ3) is 3.67. The maximum atomic E-state index is 12.3. The van der Waals surface area contributed by atoms with Crippen LogP contribution in [0.3, 0.4) is 0 Å². The summed E-state index contributed by atoms with van der Waals surface area (Å²) in [6.45, 7) is 6.63. The fourth-order valence-electron chi connectivity index (χ4n) is 2.73. The van der Waals surface area contributed by atoms with Crippen LogP contribution in [0.2, 0.25) is 0 Å². The molecule has 3 rings (SSSR count). The Kier molecular flexibility index (Phi) is 4.57. The molecule has 0 aliphatic carbocycles. The van der Waals surface area contributed by atoms with Crippen LogP contribution >= 0.6 is 11.3 Å². The van der Waals surface area contributed by atoms with E-state index in [1.807, 2.05) is 37.3 Å². The van der Waals surface area contributed by atoms with E-state index in [1.54, 1.807) is 0 Å². The Bertz CT molecular complexity index is 708. The molecule has 0 saturated carbocycles. The van der Waals surface area contributed by atoms with Crippen molar-refractivity contribution in [3.05, 3.63) is 35.2 Å². The van der Waals surface area contributed by atoms with E-state index in [1.165, 1.54) is 11.3 Å². The minimum Gasteiger partial charge on any atom is -0.454 e. The van der Waals surface area contributed by atoms with Crippen molar-refractivity contribution in [3.8, 4) is 21.9 Å². The quantitative estimate of drug-likeness (QED) is 0.888. The summed E-state index contributed by atoms with van der Waals surface area (Å²) in [6.07, 6.45) is 0.978. The van der Waals surface area contributed by atoms with Gasteiger partial charge in [-0.2, -0.15) is 0 Å². The van der Waals surface area contributed by atoms with E-state index in [0.29, 0.717) is 5.92 Å². The summed E-state index contributed by atoms with van der Waals surface area (Å²) in [7, 11) is 0. The molecule has 122 valence electrons. The average molecular weight is 331 g/mol. The van der Waals surface area contributed by atoms with Crippen LogP contribution in [0.4, 0.5) is 0 Å². The summed E-state index contributed by atoms with van der Waals surface area (Å²) in [5.41, 5.74) is 1.04. The van der Waals surface area contributed by atoms with Gasteiger partial charge in [-0.25, -0.2) is 0 Å². The van der Waals surface area contributed by atoms with Crippen molar-refractivity contribution in [2.24, 2.45) is 5.92 Å². The van der Waals surface area contributed by atoms with Crippen LogP contribution in [-0.4, -0.2) is 18.7 Å². The van der Waals surface area contributed by atoms with Gasteiger partial charge in [-0.1, -0.05) is 13.8 Å². The van der Waals surface area contributed by atoms with Crippen molar-refractivity contribution in [2.45, 2.75) is 33.2 Å². The van der Waals surface area contributed by atoms with Crippen molar-refractivity contribution < 1.29 is 14.3 Å². The Labute approximate surface area is 140 Å². The second-order valence-corrected chi connectivity index (χ2v) is 7.32. The molecule has 2 heterocycles. The van der Waals surface area contributed by atoms with Crippen LogP contribution in [0, 0.1) is 5.92 Å². The molecule has 0 spiro atoms. The van der Waals surface area contributed by atoms with E-state index in [9.17, 15) is 4.79 Å². The number of hydrogen-bond donors (Lipinski definition) is 1. The Morgan fingerprint density at radius 2 is 1.96 bits per heavy atom. The van der Waals surface area contributed by atoms with Gasteiger partial charge >= 0.3 is 0 Å². The second-order valence-electron chi connectivity index (χ2n) is 6.24. The van der Waals surface area contributed by atoms with Gasteiger partial charge in [0.2, 0.25) is 6.79 Å². The van der Waals surface area contributed by atoms with Gasteiger partial charge in [-0.05, 0) is 55.2 Å². The van der Waals surface area contributed by atoms with E-state index >= 15 is 0 Å². The molecule has 1 aromatic carbocycles. The number of fused-ring (bicyclic) bond motifs is 1. The molecule has 4 nitrogen and oxygen atoms in total. The summed E-state index contributed by atoms with van der Waals surface area (Å²) >= 11 is 1.49. The number of benzene rings is 1. The number of carbonyl (C=O) groups excluding carboxylic acids is 1. The number of nitrogens with one attached hydrogen (secondary N) is 1. The zero-order chi connectivity index (χ0) is 16.4. The number of thiophene rings is 1. The number of carbonyl (C=O) groups is 1. The van der Waals surface area contributed by atoms with Gasteiger partial charge in [0, 0.05) is 10.9 Å². The highest BCUT2D eigenvalue weighted by Crippen LogP contribution is 2.37. The van der Waals surface area contributed by atoms with Crippen LogP contribution in [0.1, 0.15) is 36.9 Å². The van der Waals surface area contributed by atoms with Crippen LogP contribution in [0.25, 0.3) is 10.4 Å². The normalized spacial score (nSPS) is 14.1. The SMILES string of the molecule is CC(C)C[C@H](C)NC(=O)c1ccc(-c2ccc3c(c2)OCO3)s1. The lowest BCUT2D eigenvalue weighted by Crippen LogP contribution is -2.32. The zero-order valence-corrected chi connectivity index (χ0v) is 14.4. The molecule has 1 aromatic heterocycles. The summed E-state index contributed by atoms with van der Waals surface area (Å²) in [4.78, 5) is 14.1. The molecule has 0 unspecified atom stereocenters. The van der Waals surface area contributed by atoms with Gasteiger partial charge in [0.25, 0.3) is 5.91 Å². The number of amides is 1. The second kappa shape index (κ2) is 6.62. The van der Waals surface area contributed by atoms with Gasteiger partial charge in [-0.3, -0.25) is 4.79 Å². The summed E-state index contributed by atoms with van der Waals surface area (Å²) in [5.74, 6) is 2.09. The van der Waals surface area contributed by atoms with Gasteiger partial charge in [0.05, 0.1) is 4.88 Å². The molecule has 0 saturated heterocycles. The van der Waals surface area contributed by atoms with E-state index in [0.717, 1.165) is 33.2 Å². The highest BCUT2D eigenvalue weighted by atomic mass is 32.1. The van der Waals surface area contributed by atoms with Crippen LogP contribution in [-0.2, 0) is 0 Å². The van der Waals surface area contributed by atoms with E-state index < -0.39 is 0 Å². The smallest absolute Gasteiger partial charge is 0.261 e. The molecule has 1 aliphatic rings. The van der Waals surface area contributed by atoms with Gasteiger partial charge in [0.15, 0.2) is 11.5 Å². The highest BCUT2D eigenvalue weighted by Gasteiger charge is 2.17. The van der Waals surface area contributed by atoms with Crippen molar-refractivity contribution in [3.63, 3.8) is 0 Å². The topological polar surface area (TPSA) is 47.6 Å². The Balaban J connectivity index is 1.71. The first-order valence-electron chi connectivity index (χ1n) is 7.83. The molecule has 0 fully saturated rings. The fourth-order valence-corrected chi connectivity index (χ4v) is 3.63. The number of rotatable bonds is 5. The average Bonchev–Trinajstić information content (AvgIpc) is 3.14. The maximum Gasteiger partial charge on any atom is 0.261 e. The highest BCUT2D eigenvalue weighted by molar-refractivity contribution is 7.17. The third-order valence-corrected chi connectivity index (χ3v) is 4.82. The summed E-state index contributed by atoms with van der Waals surface area (Å²) in [6, 6.07) is 9.88. The molecule has 5 heteroatoms. The minimum absolute atomic E-state index is 0.00450. The predicted octanol–water partition coefficient (Wildman–Crippen LogP) is 4.31. The lowest BCUT2D eigenvalue weighted by Gasteiger charge is -2.15. The maximum absolute atomic E-state index is 12.3. The van der Waals surface area contributed by atoms with E-state index in [4.69, 9.17) is 9.47 Å². The molecular weight excluding hydrogens is 310 g/mol. The first kappa shape index (κ1) is 15.9. The van der Waals surface area contributed by atoms with Crippen LogP contribution in [0.15, 0.2) is 30.3 Å². The molecule has 1 aliphatic heterocycles. The molecule has 23 heavy (non-hydrogen) atoms. The van der Waals surface area contributed by atoms with Crippen molar-refractivity contribution in [1.29, 1.82) is 0 Å². The summed E-state index contributed by atoms with van der Waals surface area (Å²) in [5, 5.41) is 3.06. The predicted molar refractivity (Wildman–Crippen MR) is 92.3 cm³/mol. The fraction of sp³-hybridized carbons (Fsp3) is 0.389. The zero-order valence-electron chi connectivity index (χ0n) is 13.6. The monoisotopic (exact) mass is 331 g/mol. The number of hydrogen-bond acceptors (Lipinski definition) is 4. The molecule has 1 amide bonds. The molecule has 0 radical (unpaired) electrons. The standard InChI is InChI=1S/C18H21NO3S/c1-11(2)8-12(3)19-18(20)17-7-6-16(23-17)13-4-5-14-15(9-13)22-10-21-14/h4-7,9,11-12H,8,10H2,1-3H3,(H,19,20)/t12-/m0/s1. The molecular formula is C18H21NO3S. The largest absolute Gasteiger partial charge is 0.454 e. The van der Waals surface area contributed by atoms with Crippen molar-refractivity contribution in [1.82, 2.24) is 5.32 Å². The number of ether oxygens (including phenoxy) is 2. The van der Waals surface area contributed by atoms with Gasteiger partial charge in [0.1, 0.15) is 0 Å². The molecule has 1 N–H and O–H groups in total. The Morgan fingerprint density at radius 3 is 2.74 bits per heavy atom. The van der Waals surface area contributed by atoms with E-state index in [-0.39, 0.29) is 18.7 Å².